The van der Waals surface area contributed by atoms with E-state index in [0.717, 1.165) is 25.2 Å². The van der Waals surface area contributed by atoms with Crippen molar-refractivity contribution in [3.05, 3.63) is 55.0 Å². The first-order valence-electron chi connectivity index (χ1n) is 8.43. The number of thiocarbonyl (C=S) groups is 1. The Labute approximate surface area is 158 Å². The summed E-state index contributed by atoms with van der Waals surface area (Å²) in [6.45, 7) is 1.71. The fourth-order valence-corrected chi connectivity index (χ4v) is 2.99. The molecule has 3 rings (SSSR count). The van der Waals surface area contributed by atoms with Crippen molar-refractivity contribution >= 4 is 28.7 Å². The summed E-state index contributed by atoms with van der Waals surface area (Å²) in [5.74, 6) is 1.35. The molecule has 0 saturated heterocycles. The third-order valence-electron chi connectivity index (χ3n) is 4.07. The number of benzene rings is 1. The predicted octanol–water partition coefficient (Wildman–Crippen LogP) is 2.62. The van der Waals surface area contributed by atoms with Gasteiger partial charge in [0.05, 0.1) is 27.0 Å². The maximum Gasteiger partial charge on any atom is 0.286 e. The van der Waals surface area contributed by atoms with Crippen LogP contribution in [0.1, 0.15) is 6.42 Å². The maximum absolute atomic E-state index is 5.36. The number of nitrogens with zero attached hydrogens (tertiary/aromatic N) is 2. The van der Waals surface area contributed by atoms with Gasteiger partial charge in [0.15, 0.2) is 16.6 Å². The molecular weight excluding hydrogens is 348 g/mol. The summed E-state index contributed by atoms with van der Waals surface area (Å²) in [6.07, 6.45) is 7.17. The van der Waals surface area contributed by atoms with Gasteiger partial charge >= 0.3 is 0 Å². The van der Waals surface area contributed by atoms with Crippen molar-refractivity contribution in [2.75, 3.05) is 26.1 Å². The molecule has 26 heavy (non-hydrogen) atoms. The van der Waals surface area contributed by atoms with Crippen molar-refractivity contribution in [1.82, 2.24) is 9.72 Å². The molecule has 0 fully saturated rings. The Morgan fingerprint density at radius 2 is 1.96 bits per heavy atom. The highest BCUT2D eigenvalue weighted by Gasteiger charge is 2.08. The highest BCUT2D eigenvalue weighted by molar-refractivity contribution is 7.80. The molecule has 6 nitrogen and oxygen atoms in total. The molecule has 0 amide bonds. The molecule has 3 aromatic rings. The topological polar surface area (TPSA) is 50.8 Å². The minimum Gasteiger partial charge on any atom is -0.493 e. The first-order valence-corrected chi connectivity index (χ1v) is 8.84. The number of rotatable bonds is 7. The molecule has 0 saturated carbocycles. The van der Waals surface area contributed by atoms with Crippen LogP contribution in [0.5, 0.6) is 11.5 Å². The van der Waals surface area contributed by atoms with Crippen molar-refractivity contribution in [3.63, 3.8) is 0 Å². The molecule has 7 heteroatoms. The number of imidazole rings is 1. The van der Waals surface area contributed by atoms with E-state index in [2.05, 4.69) is 38.1 Å². The zero-order valence-corrected chi connectivity index (χ0v) is 15.8. The highest BCUT2D eigenvalue weighted by atomic mass is 32.1. The van der Waals surface area contributed by atoms with Gasteiger partial charge in [0.1, 0.15) is 12.4 Å². The molecule has 0 bridgehead atoms. The van der Waals surface area contributed by atoms with Gasteiger partial charge in [0.2, 0.25) is 0 Å². The van der Waals surface area contributed by atoms with Crippen LogP contribution in [-0.2, 0) is 6.54 Å². The van der Waals surface area contributed by atoms with E-state index in [1.807, 2.05) is 36.5 Å². The second-order valence-electron chi connectivity index (χ2n) is 5.76. The number of aryl methyl sites for hydroxylation is 1. The van der Waals surface area contributed by atoms with Crippen LogP contribution < -0.4 is 24.7 Å². The van der Waals surface area contributed by atoms with E-state index in [0.29, 0.717) is 16.6 Å². The summed E-state index contributed by atoms with van der Waals surface area (Å²) < 4.78 is 14.9. The molecule has 0 unspecified atom stereocenters. The molecule has 0 atom stereocenters. The van der Waals surface area contributed by atoms with Gasteiger partial charge < -0.3 is 20.1 Å². The van der Waals surface area contributed by atoms with E-state index in [1.165, 1.54) is 5.65 Å². The first-order chi connectivity index (χ1) is 12.7. The van der Waals surface area contributed by atoms with Crippen molar-refractivity contribution in [2.45, 2.75) is 13.0 Å². The van der Waals surface area contributed by atoms with E-state index in [1.54, 1.807) is 14.2 Å². The van der Waals surface area contributed by atoms with Crippen LogP contribution in [-0.4, -0.2) is 30.3 Å². The van der Waals surface area contributed by atoms with Gasteiger partial charge in [-0.1, -0.05) is 6.07 Å². The number of anilines is 1. The van der Waals surface area contributed by atoms with E-state index in [-0.39, 0.29) is 0 Å². The zero-order chi connectivity index (χ0) is 18.4. The lowest BCUT2D eigenvalue weighted by Crippen LogP contribution is -2.36. The lowest BCUT2D eigenvalue weighted by molar-refractivity contribution is -0.671. The van der Waals surface area contributed by atoms with Crippen LogP contribution >= 0.6 is 12.2 Å². The Hall–Kier alpha value is -2.80. The van der Waals surface area contributed by atoms with Gasteiger partial charge in [0, 0.05) is 30.8 Å². The van der Waals surface area contributed by atoms with Crippen molar-refractivity contribution in [3.8, 4) is 11.5 Å². The number of aromatic nitrogens is 2. The van der Waals surface area contributed by atoms with Crippen LogP contribution in [0.15, 0.2) is 55.0 Å². The molecule has 2 aromatic heterocycles. The average Bonchev–Trinajstić information content (AvgIpc) is 3.08. The van der Waals surface area contributed by atoms with Crippen LogP contribution in [0.2, 0.25) is 0 Å². The molecule has 0 aliphatic heterocycles. The molecule has 136 valence electrons. The van der Waals surface area contributed by atoms with E-state index in [9.17, 15) is 0 Å². The summed E-state index contributed by atoms with van der Waals surface area (Å²) in [5.41, 5.74) is 2.03. The van der Waals surface area contributed by atoms with E-state index in [4.69, 9.17) is 21.7 Å². The van der Waals surface area contributed by atoms with Crippen LogP contribution in [0.4, 0.5) is 5.69 Å². The van der Waals surface area contributed by atoms with Crippen molar-refractivity contribution in [2.24, 2.45) is 0 Å². The van der Waals surface area contributed by atoms with Crippen molar-refractivity contribution < 1.29 is 14.0 Å². The SMILES string of the molecule is COc1ccc(NC(=S)NCCC[n+]2ccn3ccccc32)cc1OC. The lowest BCUT2D eigenvalue weighted by atomic mass is 10.3. The fourth-order valence-electron chi connectivity index (χ4n) is 2.77. The van der Waals surface area contributed by atoms with Gasteiger partial charge in [-0.25, -0.2) is 8.97 Å². The van der Waals surface area contributed by atoms with E-state index >= 15 is 0 Å². The number of hydrogen-bond donors (Lipinski definition) is 2. The van der Waals surface area contributed by atoms with Gasteiger partial charge in [0.25, 0.3) is 5.65 Å². The monoisotopic (exact) mass is 371 g/mol. The Morgan fingerprint density at radius 1 is 1.12 bits per heavy atom. The number of pyridine rings is 1. The van der Waals surface area contributed by atoms with Gasteiger partial charge in [-0.05, 0) is 30.4 Å². The normalized spacial score (nSPS) is 10.5. The number of methoxy groups -OCH3 is 2. The zero-order valence-electron chi connectivity index (χ0n) is 14.9. The van der Waals surface area contributed by atoms with Crippen LogP contribution in [0, 0.1) is 0 Å². The lowest BCUT2D eigenvalue weighted by Gasteiger charge is -2.13. The highest BCUT2D eigenvalue weighted by Crippen LogP contribution is 2.29. The summed E-state index contributed by atoms with van der Waals surface area (Å²) in [7, 11) is 3.23. The summed E-state index contributed by atoms with van der Waals surface area (Å²) in [4.78, 5) is 0. The molecule has 0 aliphatic carbocycles. The molecule has 0 aliphatic rings. The molecule has 0 radical (unpaired) electrons. The molecule has 0 spiro atoms. The standard InChI is InChI=1S/C19H22N4O2S/c1-24-16-8-7-15(14-17(16)25-2)21-19(26)20-9-5-11-23-13-12-22-10-4-3-6-18(22)23/h3-4,6-8,10,12-14H,5,9,11H2,1-2H3,(H-,20,21,26)/p+1. The van der Waals surface area contributed by atoms with Gasteiger partial charge in [-0.15, -0.1) is 0 Å². The number of ether oxygens (including phenoxy) is 2. The second kappa shape index (κ2) is 8.53. The van der Waals surface area contributed by atoms with Gasteiger partial charge in [-0.2, -0.15) is 0 Å². The maximum atomic E-state index is 5.36. The Morgan fingerprint density at radius 3 is 2.77 bits per heavy atom. The summed E-state index contributed by atoms with van der Waals surface area (Å²) in [6, 6.07) is 11.8. The Balaban J connectivity index is 1.47. The third-order valence-corrected chi connectivity index (χ3v) is 4.32. The largest absolute Gasteiger partial charge is 0.493 e. The van der Waals surface area contributed by atoms with Crippen LogP contribution in [0.3, 0.4) is 0 Å². The third kappa shape index (κ3) is 4.23. The van der Waals surface area contributed by atoms with Gasteiger partial charge in [-0.3, -0.25) is 0 Å². The summed E-state index contributed by atoms with van der Waals surface area (Å²) >= 11 is 5.36. The fraction of sp³-hybridized carbons (Fsp3) is 0.263. The van der Waals surface area contributed by atoms with E-state index < -0.39 is 0 Å². The quantitative estimate of drug-likeness (QED) is 0.380. The molecule has 2 N–H and O–H groups in total. The predicted molar refractivity (Wildman–Crippen MR) is 106 cm³/mol. The Bertz CT molecular complexity index is 894. The second-order valence-corrected chi connectivity index (χ2v) is 6.17. The first kappa shape index (κ1) is 18.0. The minimum absolute atomic E-state index is 0.587. The smallest absolute Gasteiger partial charge is 0.286 e. The summed E-state index contributed by atoms with van der Waals surface area (Å²) in [5, 5.41) is 6.99. The molecule has 2 heterocycles. The molecular formula is C19H23N4O2S+. The number of nitrogens with one attached hydrogen (secondary N) is 2. The van der Waals surface area contributed by atoms with Crippen LogP contribution in [0.25, 0.3) is 5.65 Å². The Kier molecular flexibility index (Phi) is 5.91. The average molecular weight is 371 g/mol. The van der Waals surface area contributed by atoms with Crippen molar-refractivity contribution in [1.29, 1.82) is 0 Å². The number of fused-ring (bicyclic) bond motifs is 1. The molecule has 1 aromatic carbocycles. The number of hydrogen-bond acceptors (Lipinski definition) is 3. The minimum atomic E-state index is 0.587.